The predicted octanol–water partition coefficient (Wildman–Crippen LogP) is 1.40. The molecule has 168 valence electrons. The summed E-state index contributed by atoms with van der Waals surface area (Å²) < 4.78 is 14.5. The van der Waals surface area contributed by atoms with E-state index in [9.17, 15) is 18.8 Å². The summed E-state index contributed by atoms with van der Waals surface area (Å²) in [4.78, 5) is 46.4. The number of nitrogens with zero attached hydrogens (tertiary/aromatic N) is 4. The van der Waals surface area contributed by atoms with E-state index in [4.69, 9.17) is 0 Å². The third-order valence-electron chi connectivity index (χ3n) is 5.85. The Morgan fingerprint density at radius 3 is 2.88 bits per heavy atom. The van der Waals surface area contributed by atoms with Crippen LogP contribution in [-0.4, -0.2) is 56.1 Å². The normalized spacial score (nSPS) is 18.7. The summed E-state index contributed by atoms with van der Waals surface area (Å²) in [6.45, 7) is 3.01. The van der Waals surface area contributed by atoms with Crippen molar-refractivity contribution >= 4 is 22.8 Å². The van der Waals surface area contributed by atoms with Crippen LogP contribution in [0.5, 0.6) is 0 Å². The van der Waals surface area contributed by atoms with E-state index in [0.29, 0.717) is 49.2 Å². The molecule has 1 aliphatic heterocycles. The first kappa shape index (κ1) is 21.7. The number of benzene rings is 1. The SMILES string of the molecule is Cn1nc(C(=O)N2CCCC(C)(C(=O)NCCc3nc4ccc(F)cc4[nH]3)C2)ccc1=O. The molecule has 2 amide bonds. The number of amides is 2. The zero-order valence-electron chi connectivity index (χ0n) is 18.0. The maximum atomic E-state index is 13.3. The quantitative estimate of drug-likeness (QED) is 0.623. The third kappa shape index (κ3) is 4.39. The van der Waals surface area contributed by atoms with Crippen molar-refractivity contribution in [1.29, 1.82) is 0 Å². The molecule has 32 heavy (non-hydrogen) atoms. The number of fused-ring (bicyclic) bond motifs is 1. The molecule has 10 heteroatoms. The first-order valence-corrected chi connectivity index (χ1v) is 10.5. The standard InChI is InChI=1S/C22H25FN6O3/c1-22(9-3-11-29(13-22)20(31)16-6-7-19(30)28(2)27-16)21(32)24-10-8-18-25-15-5-4-14(23)12-17(15)26-18/h4-7,12H,3,8-11,13H2,1-2H3,(H,24,32)(H,25,26). The molecule has 4 rings (SSSR count). The fourth-order valence-corrected chi connectivity index (χ4v) is 4.04. The zero-order valence-corrected chi connectivity index (χ0v) is 18.0. The molecule has 1 saturated heterocycles. The van der Waals surface area contributed by atoms with Gasteiger partial charge in [0.1, 0.15) is 17.3 Å². The number of halogens is 1. The summed E-state index contributed by atoms with van der Waals surface area (Å²) in [6, 6.07) is 7.07. The molecule has 0 spiro atoms. The lowest BCUT2D eigenvalue weighted by atomic mass is 9.80. The molecule has 1 fully saturated rings. The Hall–Kier alpha value is -3.56. The van der Waals surface area contributed by atoms with Gasteiger partial charge in [0.05, 0.1) is 16.4 Å². The van der Waals surface area contributed by atoms with Gasteiger partial charge in [0.2, 0.25) is 5.91 Å². The number of hydrogen-bond donors (Lipinski definition) is 2. The highest BCUT2D eigenvalue weighted by atomic mass is 19.1. The molecule has 3 aromatic rings. The Balaban J connectivity index is 1.37. The molecule has 9 nitrogen and oxygen atoms in total. The van der Waals surface area contributed by atoms with Crippen LogP contribution >= 0.6 is 0 Å². The van der Waals surface area contributed by atoms with Crippen LogP contribution in [0.3, 0.4) is 0 Å². The number of likely N-dealkylation sites (tertiary alicyclic amines) is 1. The minimum atomic E-state index is -0.731. The molecule has 2 aromatic heterocycles. The van der Waals surface area contributed by atoms with E-state index in [1.807, 2.05) is 6.92 Å². The monoisotopic (exact) mass is 440 g/mol. The lowest BCUT2D eigenvalue weighted by molar-refractivity contribution is -0.132. The van der Waals surface area contributed by atoms with Crippen LogP contribution in [0.4, 0.5) is 4.39 Å². The molecule has 1 aromatic carbocycles. The van der Waals surface area contributed by atoms with Gasteiger partial charge >= 0.3 is 0 Å². The summed E-state index contributed by atoms with van der Waals surface area (Å²) in [5, 5.41) is 6.97. The minimum absolute atomic E-state index is 0.134. The van der Waals surface area contributed by atoms with E-state index in [-0.39, 0.29) is 35.4 Å². The molecule has 2 N–H and O–H groups in total. The second-order valence-corrected chi connectivity index (χ2v) is 8.42. The number of aryl methyl sites for hydroxylation is 1. The van der Waals surface area contributed by atoms with E-state index in [2.05, 4.69) is 20.4 Å². The molecule has 1 aliphatic rings. The van der Waals surface area contributed by atoms with Crippen LogP contribution in [-0.2, 0) is 18.3 Å². The Morgan fingerprint density at radius 1 is 1.28 bits per heavy atom. The number of H-pyrrole nitrogens is 1. The number of carbonyl (C=O) groups excluding carboxylic acids is 2. The zero-order chi connectivity index (χ0) is 22.9. The summed E-state index contributed by atoms with van der Waals surface area (Å²) in [7, 11) is 1.49. The Labute approximate surface area is 183 Å². The van der Waals surface area contributed by atoms with Gasteiger partial charge in [-0.2, -0.15) is 5.10 Å². The highest BCUT2D eigenvalue weighted by Crippen LogP contribution is 2.30. The summed E-state index contributed by atoms with van der Waals surface area (Å²) in [6.07, 6.45) is 1.83. The van der Waals surface area contributed by atoms with Crippen LogP contribution in [0.1, 0.15) is 36.1 Å². The summed E-state index contributed by atoms with van der Waals surface area (Å²) >= 11 is 0. The molecular formula is C22H25FN6O3. The molecule has 1 unspecified atom stereocenters. The van der Waals surface area contributed by atoms with Crippen LogP contribution < -0.4 is 10.9 Å². The van der Waals surface area contributed by atoms with Gasteiger partial charge in [-0.05, 0) is 44.0 Å². The van der Waals surface area contributed by atoms with E-state index in [1.165, 1.54) is 31.3 Å². The smallest absolute Gasteiger partial charge is 0.274 e. The highest BCUT2D eigenvalue weighted by molar-refractivity contribution is 5.93. The van der Waals surface area contributed by atoms with Gasteiger partial charge in [0.25, 0.3) is 11.5 Å². The van der Waals surface area contributed by atoms with E-state index >= 15 is 0 Å². The van der Waals surface area contributed by atoms with Crippen molar-refractivity contribution in [2.75, 3.05) is 19.6 Å². The molecular weight excluding hydrogens is 415 g/mol. The first-order chi connectivity index (χ1) is 15.2. The predicted molar refractivity (Wildman–Crippen MR) is 115 cm³/mol. The maximum Gasteiger partial charge on any atom is 0.274 e. The van der Waals surface area contributed by atoms with Gasteiger partial charge in [-0.25, -0.2) is 14.1 Å². The van der Waals surface area contributed by atoms with E-state index < -0.39 is 5.41 Å². The molecule has 1 atom stereocenters. The minimum Gasteiger partial charge on any atom is -0.355 e. The third-order valence-corrected chi connectivity index (χ3v) is 5.85. The Kier molecular flexibility index (Phi) is 5.77. The average Bonchev–Trinajstić information content (AvgIpc) is 3.17. The Morgan fingerprint density at radius 2 is 2.09 bits per heavy atom. The summed E-state index contributed by atoms with van der Waals surface area (Å²) in [5.74, 6) is -0.102. The van der Waals surface area contributed by atoms with Gasteiger partial charge in [0.15, 0.2) is 0 Å². The van der Waals surface area contributed by atoms with Crippen molar-refractivity contribution in [3.8, 4) is 0 Å². The number of hydrogen-bond acceptors (Lipinski definition) is 5. The highest BCUT2D eigenvalue weighted by Gasteiger charge is 2.39. The van der Waals surface area contributed by atoms with E-state index in [0.717, 1.165) is 4.68 Å². The number of imidazole rings is 1. The number of carbonyl (C=O) groups is 2. The van der Waals surface area contributed by atoms with Crippen molar-refractivity contribution < 1.29 is 14.0 Å². The van der Waals surface area contributed by atoms with Gasteiger partial charge in [-0.3, -0.25) is 14.4 Å². The largest absolute Gasteiger partial charge is 0.355 e. The number of rotatable bonds is 5. The van der Waals surface area contributed by atoms with Crippen molar-refractivity contribution in [3.63, 3.8) is 0 Å². The van der Waals surface area contributed by atoms with E-state index in [1.54, 1.807) is 11.0 Å². The van der Waals surface area contributed by atoms with Crippen molar-refractivity contribution in [3.05, 3.63) is 58.0 Å². The van der Waals surface area contributed by atoms with Gasteiger partial charge < -0.3 is 15.2 Å². The Bertz CT molecular complexity index is 1240. The van der Waals surface area contributed by atoms with Crippen molar-refractivity contribution in [1.82, 2.24) is 30.0 Å². The second kappa shape index (κ2) is 8.52. The lowest BCUT2D eigenvalue weighted by Crippen LogP contribution is -2.52. The molecule has 0 aliphatic carbocycles. The number of piperidine rings is 1. The molecule has 0 bridgehead atoms. The maximum absolute atomic E-state index is 13.3. The number of aromatic nitrogens is 4. The van der Waals surface area contributed by atoms with Crippen LogP contribution in [0.15, 0.2) is 35.1 Å². The van der Waals surface area contributed by atoms with Crippen molar-refractivity contribution in [2.24, 2.45) is 12.5 Å². The van der Waals surface area contributed by atoms with Gasteiger partial charge in [-0.1, -0.05) is 0 Å². The fraction of sp³-hybridized carbons (Fsp3) is 0.409. The number of aromatic amines is 1. The van der Waals surface area contributed by atoms with Crippen molar-refractivity contribution in [2.45, 2.75) is 26.2 Å². The van der Waals surface area contributed by atoms with Crippen LogP contribution in [0, 0.1) is 11.2 Å². The molecule has 0 radical (unpaired) electrons. The van der Waals surface area contributed by atoms with Gasteiger partial charge in [0, 0.05) is 39.2 Å². The summed E-state index contributed by atoms with van der Waals surface area (Å²) in [5.41, 5.74) is 0.447. The first-order valence-electron chi connectivity index (χ1n) is 10.5. The topological polar surface area (TPSA) is 113 Å². The molecule has 3 heterocycles. The second-order valence-electron chi connectivity index (χ2n) is 8.42. The number of nitrogens with one attached hydrogen (secondary N) is 2. The van der Waals surface area contributed by atoms with Crippen LogP contribution in [0.25, 0.3) is 11.0 Å². The van der Waals surface area contributed by atoms with Gasteiger partial charge in [-0.15, -0.1) is 0 Å². The average molecular weight is 440 g/mol. The fourth-order valence-electron chi connectivity index (χ4n) is 4.04. The lowest BCUT2D eigenvalue weighted by Gasteiger charge is -2.39. The van der Waals surface area contributed by atoms with Crippen LogP contribution in [0.2, 0.25) is 0 Å². The molecule has 0 saturated carbocycles.